The van der Waals surface area contributed by atoms with Gasteiger partial charge in [0.2, 0.25) is 0 Å². The summed E-state index contributed by atoms with van der Waals surface area (Å²) in [6.07, 6.45) is 0.682. The van der Waals surface area contributed by atoms with Crippen LogP contribution in [-0.2, 0) is 6.54 Å². The molecule has 0 saturated heterocycles. The molecule has 0 radical (unpaired) electrons. The molecule has 0 atom stereocenters. The van der Waals surface area contributed by atoms with Gasteiger partial charge in [0.15, 0.2) is 0 Å². The average Bonchev–Trinajstić information content (AvgIpc) is 2.60. The Morgan fingerprint density at radius 3 is 2.54 bits per heavy atom. The van der Waals surface area contributed by atoms with E-state index in [1.165, 1.54) is 12.1 Å². The van der Waals surface area contributed by atoms with Gasteiger partial charge in [-0.2, -0.15) is 8.78 Å². The van der Waals surface area contributed by atoms with Crippen LogP contribution in [0.3, 0.4) is 0 Å². The second-order valence-corrected chi connectivity index (χ2v) is 5.65. The molecule has 0 spiro atoms. The summed E-state index contributed by atoms with van der Waals surface area (Å²) in [4.78, 5) is 11.7. The maximum absolute atomic E-state index is 12.1. The van der Waals surface area contributed by atoms with Crippen molar-refractivity contribution < 1.29 is 23.0 Å². The van der Waals surface area contributed by atoms with Crippen molar-refractivity contribution in [3.63, 3.8) is 0 Å². The first-order valence-corrected chi connectivity index (χ1v) is 8.28. The second kappa shape index (κ2) is 10.2. The predicted molar refractivity (Wildman–Crippen MR) is 94.6 cm³/mol. The van der Waals surface area contributed by atoms with Gasteiger partial charge in [-0.1, -0.05) is 24.3 Å². The van der Waals surface area contributed by atoms with Gasteiger partial charge >= 0.3 is 12.6 Å². The number of hydrogen-bond donors (Lipinski definition) is 2. The lowest BCUT2D eigenvalue weighted by molar-refractivity contribution is -0.0498. The van der Waals surface area contributed by atoms with Crippen molar-refractivity contribution >= 4 is 6.03 Å². The van der Waals surface area contributed by atoms with Gasteiger partial charge in [-0.05, 0) is 48.7 Å². The fourth-order valence-corrected chi connectivity index (χ4v) is 2.20. The lowest BCUT2D eigenvalue weighted by Gasteiger charge is -2.10. The van der Waals surface area contributed by atoms with Gasteiger partial charge in [0.25, 0.3) is 0 Å². The normalized spacial score (nSPS) is 10.5. The number of alkyl halides is 2. The molecule has 0 bridgehead atoms. The second-order valence-electron chi connectivity index (χ2n) is 5.65. The van der Waals surface area contributed by atoms with Crippen LogP contribution in [0.15, 0.2) is 48.5 Å². The summed E-state index contributed by atoms with van der Waals surface area (Å²) in [5.74, 6) is 0.899. The topological polar surface area (TPSA) is 59.6 Å². The number of carbonyl (C=O) groups excluding carboxylic acids is 1. The van der Waals surface area contributed by atoms with Crippen molar-refractivity contribution in [3.05, 3.63) is 59.7 Å². The molecule has 0 aliphatic heterocycles. The van der Waals surface area contributed by atoms with Crippen molar-refractivity contribution in [2.75, 3.05) is 13.2 Å². The van der Waals surface area contributed by atoms with Crippen molar-refractivity contribution in [1.82, 2.24) is 10.6 Å². The van der Waals surface area contributed by atoms with Crippen LogP contribution < -0.4 is 20.1 Å². The Balaban J connectivity index is 1.58. The Kier molecular flexibility index (Phi) is 7.67. The lowest BCUT2D eigenvalue weighted by Crippen LogP contribution is -2.35. The molecule has 0 aromatic heterocycles. The number of nitrogens with one attached hydrogen (secondary N) is 2. The Bertz CT molecular complexity index is 693. The van der Waals surface area contributed by atoms with Crippen LogP contribution in [0.1, 0.15) is 17.5 Å². The molecule has 7 heteroatoms. The fraction of sp³-hybridized carbons (Fsp3) is 0.316. The number of aryl methyl sites for hydroxylation is 1. The minimum Gasteiger partial charge on any atom is -0.494 e. The highest BCUT2D eigenvalue weighted by Crippen LogP contribution is 2.15. The highest BCUT2D eigenvalue weighted by Gasteiger charge is 2.04. The maximum atomic E-state index is 12.1. The van der Waals surface area contributed by atoms with E-state index in [0.717, 1.165) is 16.9 Å². The fourth-order valence-electron chi connectivity index (χ4n) is 2.20. The zero-order valence-corrected chi connectivity index (χ0v) is 14.5. The van der Waals surface area contributed by atoms with Crippen LogP contribution >= 0.6 is 0 Å². The zero-order chi connectivity index (χ0) is 18.8. The average molecular weight is 364 g/mol. The van der Waals surface area contributed by atoms with Crippen molar-refractivity contribution in [2.24, 2.45) is 0 Å². The van der Waals surface area contributed by atoms with E-state index >= 15 is 0 Å². The molecule has 2 N–H and O–H groups in total. The molecule has 0 fully saturated rings. The van der Waals surface area contributed by atoms with Crippen molar-refractivity contribution in [2.45, 2.75) is 26.5 Å². The lowest BCUT2D eigenvalue weighted by atomic mass is 10.2. The molecular formula is C19H22F2N2O3. The Morgan fingerprint density at radius 2 is 1.85 bits per heavy atom. The van der Waals surface area contributed by atoms with Crippen molar-refractivity contribution in [3.8, 4) is 11.5 Å². The molecule has 0 saturated carbocycles. The molecule has 2 amide bonds. The van der Waals surface area contributed by atoms with E-state index in [1.54, 1.807) is 12.1 Å². The van der Waals surface area contributed by atoms with Crippen LogP contribution in [-0.4, -0.2) is 25.8 Å². The SMILES string of the molecule is Cc1cccc(OCCCNC(=O)NCc2ccc(OC(F)F)cc2)c1. The molecule has 0 heterocycles. The number of carbonyl (C=O) groups is 1. The molecule has 2 rings (SSSR count). The number of urea groups is 1. The van der Waals surface area contributed by atoms with E-state index in [9.17, 15) is 13.6 Å². The molecule has 0 unspecified atom stereocenters. The zero-order valence-electron chi connectivity index (χ0n) is 14.5. The maximum Gasteiger partial charge on any atom is 0.387 e. The molecular weight excluding hydrogens is 342 g/mol. The van der Waals surface area contributed by atoms with Gasteiger partial charge in [-0.3, -0.25) is 0 Å². The minimum atomic E-state index is -2.85. The summed E-state index contributed by atoms with van der Waals surface area (Å²) in [6, 6.07) is 13.6. The van der Waals surface area contributed by atoms with E-state index in [-0.39, 0.29) is 11.8 Å². The van der Waals surface area contributed by atoms with E-state index in [0.29, 0.717) is 26.1 Å². The van der Waals surface area contributed by atoms with Crippen LogP contribution in [0.4, 0.5) is 13.6 Å². The summed E-state index contributed by atoms with van der Waals surface area (Å²) in [5, 5.41) is 5.43. The monoisotopic (exact) mass is 364 g/mol. The Labute approximate surface area is 151 Å². The molecule has 5 nitrogen and oxygen atoms in total. The van der Waals surface area contributed by atoms with E-state index < -0.39 is 6.61 Å². The molecule has 2 aromatic rings. The van der Waals surface area contributed by atoms with Crippen molar-refractivity contribution in [1.29, 1.82) is 0 Å². The standard InChI is InChI=1S/C19H22F2N2O3/c1-14-4-2-5-17(12-14)25-11-3-10-22-19(24)23-13-15-6-8-16(9-7-15)26-18(20)21/h2,4-9,12,18H,3,10-11,13H2,1H3,(H2,22,23,24). The first-order chi connectivity index (χ1) is 12.5. The molecule has 140 valence electrons. The summed E-state index contributed by atoms with van der Waals surface area (Å²) in [5.41, 5.74) is 1.92. The van der Waals surface area contributed by atoms with E-state index in [1.807, 2.05) is 31.2 Å². The third-order valence-electron chi connectivity index (χ3n) is 3.47. The van der Waals surface area contributed by atoms with Gasteiger partial charge in [-0.25, -0.2) is 4.79 Å². The minimum absolute atomic E-state index is 0.0850. The number of benzene rings is 2. The summed E-state index contributed by atoms with van der Waals surface area (Å²) >= 11 is 0. The Morgan fingerprint density at radius 1 is 1.08 bits per heavy atom. The first-order valence-electron chi connectivity index (χ1n) is 8.28. The number of halogens is 2. The van der Waals surface area contributed by atoms with Gasteiger partial charge in [-0.15, -0.1) is 0 Å². The molecule has 0 aliphatic rings. The van der Waals surface area contributed by atoms with Crippen LogP contribution in [0.2, 0.25) is 0 Å². The Hall–Kier alpha value is -2.83. The van der Waals surface area contributed by atoms with Gasteiger partial charge in [0.05, 0.1) is 6.61 Å². The van der Waals surface area contributed by atoms with Crippen LogP contribution in [0.5, 0.6) is 11.5 Å². The largest absolute Gasteiger partial charge is 0.494 e. The van der Waals surface area contributed by atoms with Gasteiger partial charge in [0, 0.05) is 13.1 Å². The molecule has 26 heavy (non-hydrogen) atoms. The third-order valence-corrected chi connectivity index (χ3v) is 3.47. The number of amides is 2. The van der Waals surface area contributed by atoms with E-state index in [2.05, 4.69) is 15.4 Å². The summed E-state index contributed by atoms with van der Waals surface area (Å²) in [7, 11) is 0. The molecule has 2 aromatic carbocycles. The number of rotatable bonds is 9. The van der Waals surface area contributed by atoms with Gasteiger partial charge in [0.1, 0.15) is 11.5 Å². The quantitative estimate of drug-likeness (QED) is 0.664. The predicted octanol–water partition coefficient (Wildman–Crippen LogP) is 3.86. The number of hydrogen-bond acceptors (Lipinski definition) is 3. The van der Waals surface area contributed by atoms with Crippen LogP contribution in [0, 0.1) is 6.92 Å². The van der Waals surface area contributed by atoms with Crippen LogP contribution in [0.25, 0.3) is 0 Å². The third kappa shape index (κ3) is 7.38. The summed E-state index contributed by atoms with van der Waals surface area (Å²) < 4.78 is 34.0. The molecule has 0 aliphatic carbocycles. The smallest absolute Gasteiger partial charge is 0.387 e. The van der Waals surface area contributed by atoms with E-state index in [4.69, 9.17) is 4.74 Å². The first kappa shape index (κ1) is 19.5. The van der Waals surface area contributed by atoms with Gasteiger partial charge < -0.3 is 20.1 Å². The number of ether oxygens (including phenoxy) is 2. The highest BCUT2D eigenvalue weighted by atomic mass is 19.3. The highest BCUT2D eigenvalue weighted by molar-refractivity contribution is 5.73. The summed E-state index contributed by atoms with van der Waals surface area (Å²) in [6.45, 7) is 0.437.